The van der Waals surface area contributed by atoms with E-state index in [9.17, 15) is 9.59 Å². The van der Waals surface area contributed by atoms with Gasteiger partial charge in [0, 0.05) is 31.9 Å². The van der Waals surface area contributed by atoms with Crippen LogP contribution in [0.5, 0.6) is 0 Å². The van der Waals surface area contributed by atoms with Gasteiger partial charge in [-0.3, -0.25) is 9.59 Å². The summed E-state index contributed by atoms with van der Waals surface area (Å²) in [4.78, 5) is 31.2. The Bertz CT molecular complexity index is 629. The van der Waals surface area contributed by atoms with Gasteiger partial charge in [-0.1, -0.05) is 11.8 Å². The Morgan fingerprint density at radius 3 is 2.80 bits per heavy atom. The van der Waals surface area contributed by atoms with E-state index in [0.717, 1.165) is 38.8 Å². The average Bonchev–Trinajstić information content (AvgIpc) is 3.33. The van der Waals surface area contributed by atoms with Crippen molar-refractivity contribution in [3.63, 3.8) is 0 Å². The molecule has 136 valence electrons. The maximum absolute atomic E-state index is 12.5. The summed E-state index contributed by atoms with van der Waals surface area (Å²) >= 11 is 1.35. The minimum Gasteiger partial charge on any atom is -0.350 e. The molecule has 1 saturated carbocycles. The van der Waals surface area contributed by atoms with Gasteiger partial charge in [0.25, 0.3) is 5.91 Å². The lowest BCUT2D eigenvalue weighted by molar-refractivity contribution is -0.129. The Hall–Kier alpha value is -1.60. The highest BCUT2D eigenvalue weighted by molar-refractivity contribution is 8.00. The zero-order valence-electron chi connectivity index (χ0n) is 14.6. The molecule has 0 radical (unpaired) electrons. The third-order valence-electron chi connectivity index (χ3n) is 4.80. The molecule has 1 saturated heterocycles. The number of hydrogen-bond acceptors (Lipinski definition) is 5. The van der Waals surface area contributed by atoms with E-state index in [4.69, 9.17) is 5.73 Å². The zero-order valence-corrected chi connectivity index (χ0v) is 15.4. The van der Waals surface area contributed by atoms with Crippen LogP contribution >= 0.6 is 11.8 Å². The lowest BCUT2D eigenvalue weighted by Crippen LogP contribution is -2.39. The van der Waals surface area contributed by atoms with Crippen LogP contribution in [0.3, 0.4) is 0 Å². The number of likely N-dealkylation sites (tertiary alicyclic amines) is 1. The highest BCUT2D eigenvalue weighted by Gasteiger charge is 2.29. The van der Waals surface area contributed by atoms with Gasteiger partial charge in [0.15, 0.2) is 0 Å². The lowest BCUT2D eigenvalue weighted by atomic mass is 10.2. The number of nitrogens with zero attached hydrogens (tertiary/aromatic N) is 2. The molecule has 1 aliphatic heterocycles. The number of nitrogens with one attached hydrogen (secondary N) is 1. The molecule has 3 rings (SSSR count). The smallest absolute Gasteiger partial charge is 0.254 e. The quantitative estimate of drug-likeness (QED) is 0.720. The van der Waals surface area contributed by atoms with Gasteiger partial charge in [-0.15, -0.1) is 0 Å². The molecule has 2 amide bonds. The number of thioether (sulfide) groups is 1. The summed E-state index contributed by atoms with van der Waals surface area (Å²) < 4.78 is 0. The van der Waals surface area contributed by atoms with Crippen LogP contribution in [0.1, 0.15) is 43.0 Å². The minimum absolute atomic E-state index is 0.0207. The normalized spacial score (nSPS) is 19.5. The van der Waals surface area contributed by atoms with Crippen LogP contribution in [0.15, 0.2) is 23.4 Å². The number of carbonyl (C=O) groups is 2. The Balaban J connectivity index is 1.61. The lowest BCUT2D eigenvalue weighted by Gasteiger charge is -2.20. The summed E-state index contributed by atoms with van der Waals surface area (Å²) in [5.74, 6) is 0.490. The largest absolute Gasteiger partial charge is 0.350 e. The van der Waals surface area contributed by atoms with Crippen molar-refractivity contribution in [2.45, 2.75) is 48.9 Å². The number of pyridine rings is 1. The van der Waals surface area contributed by atoms with Crippen molar-refractivity contribution in [3.8, 4) is 0 Å². The fourth-order valence-electron chi connectivity index (χ4n) is 3.07. The molecule has 1 aromatic heterocycles. The summed E-state index contributed by atoms with van der Waals surface area (Å²) in [6.07, 6.45) is 6.10. The summed E-state index contributed by atoms with van der Waals surface area (Å²) in [6, 6.07) is 3.51. The predicted octanol–water partition coefficient (Wildman–Crippen LogP) is 1.65. The molecule has 1 aromatic rings. The first kappa shape index (κ1) is 18.2. The molecule has 2 heterocycles. The zero-order chi connectivity index (χ0) is 17.8. The number of hydrogen-bond donors (Lipinski definition) is 2. The molecule has 0 bridgehead atoms. The Morgan fingerprint density at radius 2 is 2.12 bits per heavy atom. The highest BCUT2D eigenvalue weighted by Crippen LogP contribution is 2.31. The van der Waals surface area contributed by atoms with Crippen molar-refractivity contribution < 1.29 is 9.59 Å². The molecule has 3 N–H and O–H groups in total. The van der Waals surface area contributed by atoms with E-state index in [0.29, 0.717) is 23.1 Å². The fourth-order valence-corrected chi connectivity index (χ4v) is 4.06. The highest BCUT2D eigenvalue weighted by atomic mass is 32.2. The van der Waals surface area contributed by atoms with Crippen LogP contribution in [0.2, 0.25) is 0 Å². The SMILES string of the molecule is CC(Sc1ncccc1C(=O)NCC(N)C1CC1)C(=O)N1CCCC1. The Labute approximate surface area is 152 Å². The Kier molecular flexibility index (Phi) is 5.96. The van der Waals surface area contributed by atoms with Crippen molar-refractivity contribution in [3.05, 3.63) is 23.9 Å². The number of aromatic nitrogens is 1. The second kappa shape index (κ2) is 8.19. The first-order chi connectivity index (χ1) is 12.1. The second-order valence-electron chi connectivity index (χ2n) is 6.86. The summed E-state index contributed by atoms with van der Waals surface area (Å²) in [5.41, 5.74) is 6.56. The fraction of sp³-hybridized carbons (Fsp3) is 0.611. The standard InChI is InChI=1S/C18H26N4O2S/c1-12(18(24)22-9-2-3-10-22)25-17-14(5-4-8-20-17)16(23)21-11-15(19)13-6-7-13/h4-5,8,12-13,15H,2-3,6-7,9-11,19H2,1H3,(H,21,23). The average molecular weight is 362 g/mol. The van der Waals surface area contributed by atoms with Crippen LogP contribution in [0.25, 0.3) is 0 Å². The van der Waals surface area contributed by atoms with Crippen LogP contribution < -0.4 is 11.1 Å². The van der Waals surface area contributed by atoms with Gasteiger partial charge in [0.1, 0.15) is 5.03 Å². The first-order valence-corrected chi connectivity index (χ1v) is 9.88. The van der Waals surface area contributed by atoms with E-state index in [-0.39, 0.29) is 23.1 Å². The third kappa shape index (κ3) is 4.73. The summed E-state index contributed by atoms with van der Waals surface area (Å²) in [7, 11) is 0. The van der Waals surface area contributed by atoms with Crippen molar-refractivity contribution >= 4 is 23.6 Å². The third-order valence-corrected chi connectivity index (χ3v) is 5.90. The molecule has 0 spiro atoms. The van der Waals surface area contributed by atoms with E-state index < -0.39 is 0 Å². The first-order valence-electron chi connectivity index (χ1n) is 9.00. The molecule has 2 atom stereocenters. The van der Waals surface area contributed by atoms with E-state index in [1.165, 1.54) is 11.8 Å². The van der Waals surface area contributed by atoms with Gasteiger partial charge in [-0.2, -0.15) is 0 Å². The second-order valence-corrected chi connectivity index (χ2v) is 8.19. The van der Waals surface area contributed by atoms with Gasteiger partial charge in [0.2, 0.25) is 5.91 Å². The molecular weight excluding hydrogens is 336 g/mol. The molecule has 25 heavy (non-hydrogen) atoms. The minimum atomic E-state index is -0.256. The molecule has 0 aromatic carbocycles. The molecule has 7 heteroatoms. The van der Waals surface area contributed by atoms with Crippen LogP contribution in [-0.4, -0.2) is 52.6 Å². The topological polar surface area (TPSA) is 88.3 Å². The maximum atomic E-state index is 12.5. The van der Waals surface area contributed by atoms with Crippen LogP contribution in [0.4, 0.5) is 0 Å². The van der Waals surface area contributed by atoms with Gasteiger partial charge in [0.05, 0.1) is 10.8 Å². The van der Waals surface area contributed by atoms with Gasteiger partial charge in [-0.25, -0.2) is 4.98 Å². The van der Waals surface area contributed by atoms with Crippen molar-refractivity contribution in [2.24, 2.45) is 11.7 Å². The van der Waals surface area contributed by atoms with Crippen molar-refractivity contribution in [1.82, 2.24) is 15.2 Å². The van der Waals surface area contributed by atoms with E-state index in [1.54, 1.807) is 18.3 Å². The van der Waals surface area contributed by atoms with E-state index >= 15 is 0 Å². The number of amides is 2. The number of nitrogens with two attached hydrogens (primary N) is 1. The molecule has 2 aliphatic rings. The van der Waals surface area contributed by atoms with Crippen molar-refractivity contribution in [1.29, 1.82) is 0 Å². The molecular formula is C18H26N4O2S. The number of rotatable bonds is 7. The summed E-state index contributed by atoms with van der Waals surface area (Å²) in [5, 5.41) is 3.25. The van der Waals surface area contributed by atoms with E-state index in [2.05, 4.69) is 10.3 Å². The maximum Gasteiger partial charge on any atom is 0.254 e. The molecule has 2 unspecified atom stereocenters. The van der Waals surface area contributed by atoms with Gasteiger partial charge >= 0.3 is 0 Å². The van der Waals surface area contributed by atoms with Crippen molar-refractivity contribution in [2.75, 3.05) is 19.6 Å². The van der Waals surface area contributed by atoms with Gasteiger partial charge < -0.3 is 16.0 Å². The number of carbonyl (C=O) groups excluding carboxylic acids is 2. The predicted molar refractivity (Wildman–Crippen MR) is 98.4 cm³/mol. The Morgan fingerprint density at radius 1 is 1.40 bits per heavy atom. The summed E-state index contributed by atoms with van der Waals surface area (Å²) in [6.45, 7) is 4.02. The van der Waals surface area contributed by atoms with E-state index in [1.807, 2.05) is 11.8 Å². The molecule has 2 fully saturated rings. The monoisotopic (exact) mass is 362 g/mol. The molecule has 1 aliphatic carbocycles. The van der Waals surface area contributed by atoms with Crippen LogP contribution in [-0.2, 0) is 4.79 Å². The van der Waals surface area contributed by atoms with Crippen LogP contribution in [0, 0.1) is 5.92 Å². The molecule has 6 nitrogen and oxygen atoms in total. The van der Waals surface area contributed by atoms with Gasteiger partial charge in [-0.05, 0) is 50.7 Å².